The zero-order chi connectivity index (χ0) is 22.2. The minimum absolute atomic E-state index is 0.0653. The van der Waals surface area contributed by atoms with Gasteiger partial charge in [-0.1, -0.05) is 0 Å². The standard InChI is InChI=1S/C19H14Cl2F3N3O3/c1-8(28)25-14-5-4-13(23)16(15(14)24)27-17(29)10-6-9(2-3-12(10)22)26-18(30)11-7-19(11,20)21/h2-6,11H,7H2,1H3,(H,25,28)(H,26,30)(H,27,29). The Hall–Kier alpha value is -2.78. The third-order valence-corrected chi connectivity index (χ3v) is 5.10. The van der Waals surface area contributed by atoms with Crippen LogP contribution in [0.15, 0.2) is 30.3 Å². The largest absolute Gasteiger partial charge is 0.326 e. The quantitative estimate of drug-likeness (QED) is 0.577. The maximum absolute atomic E-state index is 14.4. The normalized spacial score (nSPS) is 16.5. The third-order valence-electron chi connectivity index (χ3n) is 4.26. The van der Waals surface area contributed by atoms with Crippen molar-refractivity contribution < 1.29 is 27.6 Å². The molecular formula is C19H14Cl2F3N3O3. The van der Waals surface area contributed by atoms with Gasteiger partial charge in [-0.2, -0.15) is 0 Å². The summed E-state index contributed by atoms with van der Waals surface area (Å²) in [4.78, 5) is 35.6. The van der Waals surface area contributed by atoms with Crippen LogP contribution in [0.5, 0.6) is 0 Å². The van der Waals surface area contributed by atoms with Gasteiger partial charge in [-0.25, -0.2) is 13.2 Å². The first kappa shape index (κ1) is 21.9. The number of alkyl halides is 2. The van der Waals surface area contributed by atoms with Crippen molar-refractivity contribution in [2.75, 3.05) is 16.0 Å². The Balaban J connectivity index is 1.82. The lowest BCUT2D eigenvalue weighted by molar-refractivity contribution is -0.117. The number of anilines is 3. The molecule has 0 bridgehead atoms. The molecule has 1 unspecified atom stereocenters. The second-order valence-corrected chi connectivity index (χ2v) is 8.16. The zero-order valence-corrected chi connectivity index (χ0v) is 16.8. The van der Waals surface area contributed by atoms with Crippen LogP contribution in [0, 0.1) is 23.4 Å². The molecule has 3 rings (SSSR count). The average molecular weight is 460 g/mol. The summed E-state index contributed by atoms with van der Waals surface area (Å²) < 4.78 is 41.4. The van der Waals surface area contributed by atoms with E-state index in [9.17, 15) is 27.6 Å². The first-order chi connectivity index (χ1) is 14.0. The lowest BCUT2D eigenvalue weighted by Gasteiger charge is -2.13. The van der Waals surface area contributed by atoms with Crippen LogP contribution in [-0.2, 0) is 9.59 Å². The number of benzene rings is 2. The zero-order valence-electron chi connectivity index (χ0n) is 15.3. The van der Waals surface area contributed by atoms with Gasteiger partial charge in [0.1, 0.15) is 21.7 Å². The molecule has 3 amide bonds. The fraction of sp³-hybridized carbons (Fsp3) is 0.211. The molecule has 0 radical (unpaired) electrons. The van der Waals surface area contributed by atoms with Crippen molar-refractivity contribution >= 4 is 58.0 Å². The molecular weight excluding hydrogens is 446 g/mol. The monoisotopic (exact) mass is 459 g/mol. The Morgan fingerprint density at radius 2 is 1.63 bits per heavy atom. The highest BCUT2D eigenvalue weighted by molar-refractivity contribution is 6.52. The van der Waals surface area contributed by atoms with Gasteiger partial charge in [0.15, 0.2) is 5.82 Å². The number of halogens is 5. The number of carbonyl (C=O) groups excluding carboxylic acids is 3. The van der Waals surface area contributed by atoms with Crippen molar-refractivity contribution in [1.82, 2.24) is 0 Å². The highest BCUT2D eigenvalue weighted by Crippen LogP contribution is 2.53. The first-order valence-corrected chi connectivity index (χ1v) is 9.30. The maximum Gasteiger partial charge on any atom is 0.258 e. The van der Waals surface area contributed by atoms with Gasteiger partial charge in [-0.05, 0) is 36.8 Å². The van der Waals surface area contributed by atoms with Crippen molar-refractivity contribution in [3.8, 4) is 0 Å². The molecule has 0 heterocycles. The highest BCUT2D eigenvalue weighted by Gasteiger charge is 2.56. The summed E-state index contributed by atoms with van der Waals surface area (Å²) in [5.41, 5.74) is -1.74. The number of hydrogen-bond donors (Lipinski definition) is 3. The molecule has 0 aromatic heterocycles. The summed E-state index contributed by atoms with van der Waals surface area (Å²) in [6.07, 6.45) is 0.250. The average Bonchev–Trinajstić information content (AvgIpc) is 3.30. The van der Waals surface area contributed by atoms with Crippen molar-refractivity contribution in [2.24, 2.45) is 5.92 Å². The number of rotatable bonds is 5. The Kier molecular flexibility index (Phi) is 5.96. The summed E-state index contributed by atoms with van der Waals surface area (Å²) in [6, 6.07) is 4.92. The Morgan fingerprint density at radius 1 is 1.00 bits per heavy atom. The van der Waals surface area contributed by atoms with Crippen LogP contribution in [0.3, 0.4) is 0 Å². The second kappa shape index (κ2) is 8.16. The smallest absolute Gasteiger partial charge is 0.258 e. The molecule has 158 valence electrons. The molecule has 0 aliphatic heterocycles. The van der Waals surface area contributed by atoms with E-state index in [0.717, 1.165) is 31.2 Å². The van der Waals surface area contributed by atoms with Gasteiger partial charge in [0.2, 0.25) is 11.8 Å². The van der Waals surface area contributed by atoms with E-state index in [1.165, 1.54) is 6.07 Å². The van der Waals surface area contributed by atoms with E-state index in [0.29, 0.717) is 0 Å². The van der Waals surface area contributed by atoms with Gasteiger partial charge in [0.05, 0.1) is 17.2 Å². The summed E-state index contributed by atoms with van der Waals surface area (Å²) >= 11 is 11.6. The third kappa shape index (κ3) is 4.68. The van der Waals surface area contributed by atoms with Crippen LogP contribution >= 0.6 is 23.2 Å². The lowest BCUT2D eigenvalue weighted by atomic mass is 10.1. The van der Waals surface area contributed by atoms with Crippen molar-refractivity contribution in [1.29, 1.82) is 0 Å². The minimum Gasteiger partial charge on any atom is -0.326 e. The molecule has 2 aromatic rings. The lowest BCUT2D eigenvalue weighted by Crippen LogP contribution is -2.19. The second-order valence-electron chi connectivity index (χ2n) is 6.62. The van der Waals surface area contributed by atoms with Gasteiger partial charge >= 0.3 is 0 Å². The Labute approximate surface area is 178 Å². The van der Waals surface area contributed by atoms with Crippen LogP contribution in [-0.4, -0.2) is 22.1 Å². The van der Waals surface area contributed by atoms with Gasteiger partial charge < -0.3 is 16.0 Å². The fourth-order valence-corrected chi connectivity index (χ4v) is 3.15. The fourth-order valence-electron chi connectivity index (χ4n) is 2.64. The molecule has 0 spiro atoms. The predicted octanol–water partition coefficient (Wildman–Crippen LogP) is 4.45. The van der Waals surface area contributed by atoms with E-state index in [1.807, 2.05) is 5.32 Å². The van der Waals surface area contributed by atoms with Gasteiger partial charge in [0.25, 0.3) is 5.91 Å². The molecule has 2 aromatic carbocycles. The Bertz CT molecular complexity index is 1060. The maximum atomic E-state index is 14.4. The van der Waals surface area contributed by atoms with Crippen LogP contribution in [0.1, 0.15) is 23.7 Å². The van der Waals surface area contributed by atoms with Crippen molar-refractivity contribution in [3.63, 3.8) is 0 Å². The molecule has 0 saturated heterocycles. The highest BCUT2D eigenvalue weighted by atomic mass is 35.5. The SMILES string of the molecule is CC(=O)Nc1ccc(F)c(NC(=O)c2cc(NC(=O)C3CC3(Cl)Cl)ccc2F)c1F. The number of carbonyl (C=O) groups is 3. The number of nitrogens with one attached hydrogen (secondary N) is 3. The topological polar surface area (TPSA) is 87.3 Å². The van der Waals surface area contributed by atoms with Gasteiger partial charge in [0, 0.05) is 12.6 Å². The molecule has 11 heteroatoms. The van der Waals surface area contributed by atoms with Crippen LogP contribution in [0.2, 0.25) is 0 Å². The molecule has 30 heavy (non-hydrogen) atoms. The molecule has 1 fully saturated rings. The summed E-state index contributed by atoms with van der Waals surface area (Å²) in [6.45, 7) is 1.12. The molecule has 1 aliphatic rings. The van der Waals surface area contributed by atoms with E-state index >= 15 is 0 Å². The molecule has 1 atom stereocenters. The molecule has 3 N–H and O–H groups in total. The van der Waals surface area contributed by atoms with Gasteiger partial charge in [-0.3, -0.25) is 14.4 Å². The van der Waals surface area contributed by atoms with E-state index in [4.69, 9.17) is 23.2 Å². The Morgan fingerprint density at radius 3 is 2.23 bits per heavy atom. The van der Waals surface area contributed by atoms with E-state index in [-0.39, 0.29) is 17.8 Å². The molecule has 1 aliphatic carbocycles. The predicted molar refractivity (Wildman–Crippen MR) is 106 cm³/mol. The molecule has 1 saturated carbocycles. The van der Waals surface area contributed by atoms with E-state index in [1.54, 1.807) is 0 Å². The van der Waals surface area contributed by atoms with Crippen LogP contribution < -0.4 is 16.0 Å². The summed E-state index contributed by atoms with van der Waals surface area (Å²) in [5.74, 6) is -6.30. The number of amides is 3. The van der Waals surface area contributed by atoms with E-state index < -0.39 is 56.7 Å². The van der Waals surface area contributed by atoms with Crippen LogP contribution in [0.4, 0.5) is 30.2 Å². The number of hydrogen-bond acceptors (Lipinski definition) is 3. The first-order valence-electron chi connectivity index (χ1n) is 8.55. The summed E-state index contributed by atoms with van der Waals surface area (Å²) in [5, 5.41) is 6.54. The van der Waals surface area contributed by atoms with Crippen molar-refractivity contribution in [3.05, 3.63) is 53.3 Å². The van der Waals surface area contributed by atoms with E-state index in [2.05, 4.69) is 10.6 Å². The molecule has 6 nitrogen and oxygen atoms in total. The van der Waals surface area contributed by atoms with Crippen molar-refractivity contribution in [2.45, 2.75) is 17.7 Å². The summed E-state index contributed by atoms with van der Waals surface area (Å²) in [7, 11) is 0. The van der Waals surface area contributed by atoms with Crippen LogP contribution in [0.25, 0.3) is 0 Å². The minimum atomic E-state index is -1.24. The van der Waals surface area contributed by atoms with Gasteiger partial charge in [-0.15, -0.1) is 23.2 Å².